The van der Waals surface area contributed by atoms with Gasteiger partial charge in [-0.15, -0.1) is 0 Å². The van der Waals surface area contributed by atoms with Gasteiger partial charge in [-0.05, 0) is 50.1 Å². The van der Waals surface area contributed by atoms with E-state index in [0.29, 0.717) is 32.9 Å². The van der Waals surface area contributed by atoms with Crippen LogP contribution < -0.4 is 4.74 Å². The molecular formula is C21H20ClNO4. The third kappa shape index (κ3) is 3.43. The van der Waals surface area contributed by atoms with Crippen LogP contribution in [0.4, 0.5) is 0 Å². The molecule has 0 atom stereocenters. The van der Waals surface area contributed by atoms with Crippen molar-refractivity contribution in [3.8, 4) is 5.75 Å². The van der Waals surface area contributed by atoms with Crippen LogP contribution in [0.5, 0.6) is 5.75 Å². The van der Waals surface area contributed by atoms with Crippen molar-refractivity contribution in [1.82, 2.24) is 4.57 Å². The lowest BCUT2D eigenvalue weighted by atomic mass is 10.1. The molecule has 1 heterocycles. The summed E-state index contributed by atoms with van der Waals surface area (Å²) in [5.74, 6) is -0.172. The second kappa shape index (κ2) is 7.45. The summed E-state index contributed by atoms with van der Waals surface area (Å²) in [6, 6.07) is 10.8. The van der Waals surface area contributed by atoms with Crippen LogP contribution in [0.1, 0.15) is 32.0 Å². The van der Waals surface area contributed by atoms with E-state index in [0.717, 1.165) is 11.1 Å². The van der Waals surface area contributed by atoms with Crippen LogP contribution >= 0.6 is 11.6 Å². The molecule has 1 aromatic heterocycles. The highest BCUT2D eigenvalue weighted by Gasteiger charge is 2.23. The van der Waals surface area contributed by atoms with Crippen molar-refractivity contribution >= 4 is 34.4 Å². The van der Waals surface area contributed by atoms with Crippen LogP contribution in [-0.2, 0) is 4.74 Å². The van der Waals surface area contributed by atoms with Crippen molar-refractivity contribution in [1.29, 1.82) is 0 Å². The van der Waals surface area contributed by atoms with Crippen molar-refractivity contribution in [3.05, 3.63) is 63.8 Å². The Kier molecular flexibility index (Phi) is 5.24. The SMILES string of the molecule is COC(=O)c1c(C)n(C(=O)COc2cc(C)c(Cl)c(C)c2)c2ccccc12. The maximum absolute atomic E-state index is 12.9. The van der Waals surface area contributed by atoms with E-state index in [1.807, 2.05) is 26.0 Å². The van der Waals surface area contributed by atoms with Gasteiger partial charge >= 0.3 is 5.97 Å². The van der Waals surface area contributed by atoms with Gasteiger partial charge in [0.15, 0.2) is 6.61 Å². The molecule has 0 aliphatic rings. The Morgan fingerprint density at radius 3 is 2.33 bits per heavy atom. The molecule has 0 N–H and O–H groups in total. The number of aryl methyl sites for hydroxylation is 2. The maximum atomic E-state index is 12.9. The molecule has 0 amide bonds. The topological polar surface area (TPSA) is 57.5 Å². The average molecular weight is 386 g/mol. The van der Waals surface area contributed by atoms with E-state index in [4.69, 9.17) is 21.1 Å². The number of carbonyl (C=O) groups is 2. The van der Waals surface area contributed by atoms with Crippen LogP contribution in [0, 0.1) is 20.8 Å². The Balaban J connectivity index is 1.95. The number of aromatic nitrogens is 1. The van der Waals surface area contributed by atoms with Gasteiger partial charge in [0.05, 0.1) is 18.2 Å². The van der Waals surface area contributed by atoms with E-state index < -0.39 is 5.97 Å². The van der Waals surface area contributed by atoms with Crippen LogP contribution in [0.3, 0.4) is 0 Å². The van der Waals surface area contributed by atoms with Crippen molar-refractivity contribution < 1.29 is 19.1 Å². The summed E-state index contributed by atoms with van der Waals surface area (Å²) in [5, 5.41) is 1.36. The molecule has 3 rings (SSSR count). The molecule has 0 unspecified atom stereocenters. The minimum Gasteiger partial charge on any atom is -0.484 e. The Labute approximate surface area is 162 Å². The van der Waals surface area contributed by atoms with E-state index >= 15 is 0 Å². The molecule has 0 bridgehead atoms. The number of halogens is 1. The second-order valence-electron chi connectivity index (χ2n) is 6.36. The largest absolute Gasteiger partial charge is 0.484 e. The fraction of sp³-hybridized carbons (Fsp3) is 0.238. The summed E-state index contributed by atoms with van der Waals surface area (Å²) in [7, 11) is 1.32. The zero-order chi connectivity index (χ0) is 19.7. The maximum Gasteiger partial charge on any atom is 0.340 e. The zero-order valence-electron chi connectivity index (χ0n) is 15.6. The molecule has 140 valence electrons. The molecule has 0 aliphatic heterocycles. The molecule has 27 heavy (non-hydrogen) atoms. The van der Waals surface area contributed by atoms with Gasteiger partial charge in [-0.2, -0.15) is 0 Å². The van der Waals surface area contributed by atoms with Crippen LogP contribution in [0.2, 0.25) is 5.02 Å². The van der Waals surface area contributed by atoms with E-state index in [1.165, 1.54) is 11.7 Å². The summed E-state index contributed by atoms with van der Waals surface area (Å²) >= 11 is 6.17. The van der Waals surface area contributed by atoms with Crippen LogP contribution in [0.15, 0.2) is 36.4 Å². The molecule has 2 aromatic carbocycles. The first-order chi connectivity index (χ1) is 12.8. The lowest BCUT2D eigenvalue weighted by molar-refractivity contribution is 0.0602. The normalized spacial score (nSPS) is 10.9. The highest BCUT2D eigenvalue weighted by atomic mass is 35.5. The summed E-state index contributed by atoms with van der Waals surface area (Å²) in [4.78, 5) is 25.1. The van der Waals surface area contributed by atoms with Crippen LogP contribution in [-0.4, -0.2) is 30.2 Å². The quantitative estimate of drug-likeness (QED) is 0.609. The lowest BCUT2D eigenvalue weighted by Crippen LogP contribution is -2.21. The Bertz CT molecular complexity index is 1030. The third-order valence-corrected chi connectivity index (χ3v) is 5.12. The fourth-order valence-corrected chi connectivity index (χ4v) is 3.36. The highest BCUT2D eigenvalue weighted by molar-refractivity contribution is 6.32. The Morgan fingerprint density at radius 2 is 1.70 bits per heavy atom. The van der Waals surface area contributed by atoms with Crippen molar-refractivity contribution in [2.75, 3.05) is 13.7 Å². The number of esters is 1. The minimum absolute atomic E-state index is 0.166. The average Bonchev–Trinajstić information content (AvgIpc) is 2.95. The van der Waals surface area contributed by atoms with Gasteiger partial charge in [0, 0.05) is 16.1 Å². The first-order valence-electron chi connectivity index (χ1n) is 8.46. The molecule has 0 radical (unpaired) electrons. The van der Waals surface area contributed by atoms with Crippen molar-refractivity contribution in [3.63, 3.8) is 0 Å². The summed E-state index contributed by atoms with van der Waals surface area (Å²) < 4.78 is 12.1. The zero-order valence-corrected chi connectivity index (χ0v) is 16.4. The summed E-state index contributed by atoms with van der Waals surface area (Å²) in [6.07, 6.45) is 0. The number of para-hydroxylation sites is 1. The van der Waals surface area contributed by atoms with E-state index in [9.17, 15) is 9.59 Å². The number of fused-ring (bicyclic) bond motifs is 1. The minimum atomic E-state index is -0.472. The molecule has 6 heteroatoms. The molecule has 3 aromatic rings. The van der Waals surface area contributed by atoms with Gasteiger partial charge in [0.2, 0.25) is 0 Å². The Morgan fingerprint density at radius 1 is 1.07 bits per heavy atom. The smallest absolute Gasteiger partial charge is 0.340 e. The van der Waals surface area contributed by atoms with Gasteiger partial charge in [0.25, 0.3) is 5.91 Å². The molecule has 5 nitrogen and oxygen atoms in total. The second-order valence-corrected chi connectivity index (χ2v) is 6.74. The van der Waals surface area contributed by atoms with Gasteiger partial charge < -0.3 is 9.47 Å². The molecule has 0 spiro atoms. The van der Waals surface area contributed by atoms with Crippen LogP contribution in [0.25, 0.3) is 10.9 Å². The van der Waals surface area contributed by atoms with E-state index in [1.54, 1.807) is 31.2 Å². The number of benzene rings is 2. The molecule has 0 aliphatic carbocycles. The van der Waals surface area contributed by atoms with Gasteiger partial charge in [-0.25, -0.2) is 4.79 Å². The molecular weight excluding hydrogens is 366 g/mol. The van der Waals surface area contributed by atoms with Gasteiger partial charge in [-0.3, -0.25) is 9.36 Å². The number of rotatable bonds is 4. The number of methoxy groups -OCH3 is 1. The summed E-state index contributed by atoms with van der Waals surface area (Å²) in [6.45, 7) is 5.33. The number of carbonyl (C=O) groups excluding carboxylic acids is 2. The number of hydrogen-bond acceptors (Lipinski definition) is 4. The highest BCUT2D eigenvalue weighted by Crippen LogP contribution is 2.28. The lowest BCUT2D eigenvalue weighted by Gasteiger charge is -2.11. The van der Waals surface area contributed by atoms with Gasteiger partial charge in [0.1, 0.15) is 5.75 Å². The Hall–Kier alpha value is -2.79. The monoisotopic (exact) mass is 385 g/mol. The molecule has 0 saturated heterocycles. The number of nitrogens with zero attached hydrogens (tertiary/aromatic N) is 1. The van der Waals surface area contributed by atoms with Gasteiger partial charge in [-0.1, -0.05) is 29.8 Å². The standard InChI is InChI=1S/C21H20ClNO4/c1-12-9-15(10-13(2)20(12)22)27-11-18(24)23-14(3)19(21(25)26-4)16-7-5-6-8-17(16)23/h5-10H,11H2,1-4H3. The first-order valence-corrected chi connectivity index (χ1v) is 8.84. The van der Waals surface area contributed by atoms with Crippen molar-refractivity contribution in [2.24, 2.45) is 0 Å². The first kappa shape index (κ1) is 19.0. The van der Waals surface area contributed by atoms with E-state index in [2.05, 4.69) is 0 Å². The third-order valence-electron chi connectivity index (χ3n) is 4.52. The van der Waals surface area contributed by atoms with E-state index in [-0.39, 0.29) is 12.5 Å². The summed E-state index contributed by atoms with van der Waals surface area (Å²) in [5.41, 5.74) is 3.33. The molecule has 0 saturated carbocycles. The predicted octanol–water partition coefficient (Wildman–Crippen LogP) is 4.73. The van der Waals surface area contributed by atoms with Crippen molar-refractivity contribution in [2.45, 2.75) is 20.8 Å². The number of hydrogen-bond donors (Lipinski definition) is 0. The predicted molar refractivity (Wildman–Crippen MR) is 105 cm³/mol. The molecule has 0 fully saturated rings. The number of ether oxygens (including phenoxy) is 2. The fourth-order valence-electron chi connectivity index (χ4n) is 3.25.